The summed E-state index contributed by atoms with van der Waals surface area (Å²) in [4.78, 5) is 68.6. The van der Waals surface area contributed by atoms with Gasteiger partial charge in [-0.1, -0.05) is 7.43 Å². The van der Waals surface area contributed by atoms with E-state index in [9.17, 15) is 32.8 Å². The average Bonchev–Trinajstić information content (AvgIpc) is 3.06. The maximum absolute atomic E-state index is 13.6. The van der Waals surface area contributed by atoms with E-state index in [1.54, 1.807) is 14.7 Å². The Morgan fingerprint density at radius 3 is 1.92 bits per heavy atom. The smallest absolute Gasteiger partial charge is 0.410 e. The molecule has 2 N–H and O–H groups in total. The number of rotatable bonds is 4. The molecule has 2 aromatic rings. The number of hydrogen-bond acceptors (Lipinski definition) is 10. The highest BCUT2D eigenvalue weighted by molar-refractivity contribution is 6.67. The van der Waals surface area contributed by atoms with Gasteiger partial charge in [0.25, 0.3) is 11.5 Å². The molecular weight excluding hydrogens is 741 g/mol. The maximum atomic E-state index is 13.6. The first-order valence-electron chi connectivity index (χ1n) is 16.7. The molecule has 0 aliphatic carbocycles. The third kappa shape index (κ3) is 14.6. The van der Waals surface area contributed by atoms with Gasteiger partial charge in [-0.05, 0) is 78.8 Å². The molecule has 5 heterocycles. The van der Waals surface area contributed by atoms with Crippen molar-refractivity contribution >= 4 is 57.9 Å². The van der Waals surface area contributed by atoms with Crippen molar-refractivity contribution in [2.75, 3.05) is 48.9 Å². The van der Waals surface area contributed by atoms with Gasteiger partial charge in [-0.3, -0.25) is 14.4 Å². The van der Waals surface area contributed by atoms with Crippen LogP contribution in [0.15, 0.2) is 29.3 Å². The van der Waals surface area contributed by atoms with Crippen LogP contribution in [0.25, 0.3) is 0 Å². The molecular formula is C35H50Cl2F2N6O8. The van der Waals surface area contributed by atoms with Crippen LogP contribution in [0.3, 0.4) is 0 Å². The summed E-state index contributed by atoms with van der Waals surface area (Å²) in [6.45, 7) is 12.9. The predicted octanol–water partition coefficient (Wildman–Crippen LogP) is 6.30. The summed E-state index contributed by atoms with van der Waals surface area (Å²) in [5.74, 6) is -1.07. The number of likely N-dealkylation sites (tertiary alicyclic amines) is 2. The number of aromatic nitrogens is 2. The van der Waals surface area contributed by atoms with E-state index >= 15 is 0 Å². The number of nitrogens with one attached hydrogen (secondary N) is 2. The lowest BCUT2D eigenvalue weighted by molar-refractivity contribution is -0.122. The summed E-state index contributed by atoms with van der Waals surface area (Å²) in [5, 5.41) is 2.53. The van der Waals surface area contributed by atoms with Gasteiger partial charge >= 0.3 is 12.2 Å². The Balaban J connectivity index is 0.000000322. The third-order valence-corrected chi connectivity index (χ3v) is 8.13. The number of carbonyl (C=O) groups excluding carboxylic acids is 4. The monoisotopic (exact) mass is 790 g/mol. The van der Waals surface area contributed by atoms with E-state index in [2.05, 4.69) is 15.3 Å². The summed E-state index contributed by atoms with van der Waals surface area (Å²) >= 11 is 9.55. The second kappa shape index (κ2) is 19.8. The number of carbonyl (C=O) groups is 4. The summed E-state index contributed by atoms with van der Waals surface area (Å²) in [6.07, 6.45) is 3.94. The molecule has 3 aliphatic heterocycles. The van der Waals surface area contributed by atoms with E-state index < -0.39 is 28.1 Å². The van der Waals surface area contributed by atoms with Gasteiger partial charge in [0, 0.05) is 56.6 Å². The van der Waals surface area contributed by atoms with Crippen LogP contribution in [0.5, 0.6) is 5.88 Å². The fourth-order valence-corrected chi connectivity index (χ4v) is 5.38. The van der Waals surface area contributed by atoms with Crippen molar-refractivity contribution < 1.29 is 42.2 Å². The first-order valence-corrected chi connectivity index (χ1v) is 17.6. The lowest BCUT2D eigenvalue weighted by Gasteiger charge is -2.40. The molecule has 3 aliphatic rings. The number of aromatic amines is 1. The molecule has 296 valence electrons. The second-order valence-electron chi connectivity index (χ2n) is 14.2. The van der Waals surface area contributed by atoms with Crippen molar-refractivity contribution in [2.45, 2.75) is 97.9 Å². The number of piperidine rings is 2. The van der Waals surface area contributed by atoms with Crippen molar-refractivity contribution in [2.24, 2.45) is 0 Å². The quantitative estimate of drug-likeness (QED) is 0.266. The Morgan fingerprint density at radius 2 is 1.43 bits per heavy atom. The van der Waals surface area contributed by atoms with E-state index in [1.807, 2.05) is 41.5 Å². The topological polar surface area (TPSA) is 163 Å². The second-order valence-corrected chi connectivity index (χ2v) is 14.9. The summed E-state index contributed by atoms with van der Waals surface area (Å²) in [5.41, 5.74) is -0.837. The molecule has 3 amide bonds. The molecule has 2 saturated heterocycles. The van der Waals surface area contributed by atoms with Gasteiger partial charge in [-0.2, -0.15) is 0 Å². The minimum atomic E-state index is -0.545. The third-order valence-electron chi connectivity index (χ3n) is 7.62. The highest BCUT2D eigenvalue weighted by Crippen LogP contribution is 2.34. The van der Waals surface area contributed by atoms with Gasteiger partial charge in [0.05, 0.1) is 12.1 Å². The van der Waals surface area contributed by atoms with Crippen LogP contribution < -0.4 is 20.5 Å². The number of halogens is 4. The van der Waals surface area contributed by atoms with Crippen LogP contribution in [-0.4, -0.2) is 105 Å². The Bertz CT molecular complexity index is 1620. The minimum absolute atomic E-state index is 0. The first-order chi connectivity index (χ1) is 24.3. The molecule has 5 rings (SSSR count). The Hall–Kier alpha value is -4.18. The van der Waals surface area contributed by atoms with E-state index in [1.165, 1.54) is 12.1 Å². The van der Waals surface area contributed by atoms with Crippen LogP contribution in [0.1, 0.15) is 74.7 Å². The van der Waals surface area contributed by atoms with Gasteiger partial charge in [0.2, 0.25) is 11.1 Å². The number of anilines is 2. The lowest BCUT2D eigenvalue weighted by atomic mass is 10.0. The van der Waals surface area contributed by atoms with Crippen LogP contribution in [0.4, 0.5) is 29.7 Å². The number of nitrogens with zero attached hydrogens (tertiary/aromatic N) is 4. The molecule has 2 fully saturated rings. The van der Waals surface area contributed by atoms with Gasteiger partial charge in [-0.15, -0.1) is 11.6 Å². The van der Waals surface area contributed by atoms with E-state index in [-0.39, 0.29) is 67.2 Å². The largest absolute Gasteiger partial charge is 0.466 e. The zero-order valence-corrected chi connectivity index (χ0v) is 31.6. The van der Waals surface area contributed by atoms with Gasteiger partial charge < -0.3 is 39.2 Å². The van der Waals surface area contributed by atoms with E-state index in [0.717, 1.165) is 12.4 Å². The number of amides is 3. The lowest BCUT2D eigenvalue weighted by Crippen LogP contribution is -2.52. The highest BCUT2D eigenvalue weighted by atomic mass is 35.5. The molecule has 0 unspecified atom stereocenters. The van der Waals surface area contributed by atoms with Crippen molar-refractivity contribution in [3.63, 3.8) is 0 Å². The molecule has 18 heteroatoms. The van der Waals surface area contributed by atoms with Crippen LogP contribution in [0, 0.1) is 11.6 Å². The van der Waals surface area contributed by atoms with Crippen molar-refractivity contribution in [3.05, 3.63) is 46.5 Å². The fourth-order valence-electron chi connectivity index (χ4n) is 5.38. The summed E-state index contributed by atoms with van der Waals surface area (Å²) in [7, 11) is 0. The molecule has 0 spiro atoms. The Morgan fingerprint density at radius 1 is 0.925 bits per heavy atom. The molecule has 0 aromatic carbocycles. The summed E-state index contributed by atoms with van der Waals surface area (Å²) < 4.78 is 42.7. The number of hydrogen-bond donors (Lipinski definition) is 2. The van der Waals surface area contributed by atoms with Gasteiger partial charge in [-0.25, -0.2) is 23.4 Å². The normalized spacial score (nSPS) is 16.3. The van der Waals surface area contributed by atoms with E-state index in [0.29, 0.717) is 57.5 Å². The molecule has 14 nitrogen and oxygen atoms in total. The highest BCUT2D eigenvalue weighted by Gasteiger charge is 2.36. The SMILES string of the molecule is C.CC(C)(C)OC(=O)N1CCC(N2C(=O)COc3ncc(F)cc32)CC1.CC(C)(C)OC(=O)N1CCC(Nc2cc(F)c[nH]c2=O)CC1.O=C(Cl)CCl. The number of H-pyrrole nitrogens is 1. The standard InChI is InChI=1S/C17H22FN3O4.C15H22FN3O3.C2H2Cl2O.CH4/c1-17(2,3)25-16(23)20-6-4-12(5-7-20)21-13-8-11(18)9-19-15(13)24-10-14(21)22;1-15(2,3)22-14(21)19-6-4-11(5-7-19)18-12-8-10(16)9-17-13(12)20;3-1-2(4)5;/h8-9,12H,4-7,10H2,1-3H3;8-9,11,18H,4-7H2,1-3H3,(H,17,20);1H2;1H4. The molecule has 53 heavy (non-hydrogen) atoms. The minimum Gasteiger partial charge on any atom is -0.466 e. The molecule has 0 atom stereocenters. The fraction of sp³-hybridized carbons (Fsp3) is 0.600. The van der Waals surface area contributed by atoms with Crippen LogP contribution in [-0.2, 0) is 19.1 Å². The average molecular weight is 792 g/mol. The Labute approximate surface area is 318 Å². The van der Waals surface area contributed by atoms with Gasteiger partial charge in [0.1, 0.15) is 34.2 Å². The van der Waals surface area contributed by atoms with Crippen molar-refractivity contribution in [1.82, 2.24) is 19.8 Å². The molecule has 0 bridgehead atoms. The molecule has 0 saturated carbocycles. The predicted molar refractivity (Wildman–Crippen MR) is 198 cm³/mol. The van der Waals surface area contributed by atoms with Crippen LogP contribution >= 0.6 is 23.2 Å². The van der Waals surface area contributed by atoms with Crippen molar-refractivity contribution in [3.8, 4) is 5.88 Å². The number of ether oxygens (including phenoxy) is 3. The summed E-state index contributed by atoms with van der Waals surface area (Å²) in [6, 6.07) is 2.35. The van der Waals surface area contributed by atoms with Gasteiger partial charge in [0.15, 0.2) is 6.61 Å². The van der Waals surface area contributed by atoms with Crippen LogP contribution in [0.2, 0.25) is 0 Å². The first kappa shape index (κ1) is 45.0. The Kier molecular flexibility index (Phi) is 16.8. The zero-order valence-electron chi connectivity index (χ0n) is 30.1. The number of fused-ring (bicyclic) bond motifs is 1. The maximum Gasteiger partial charge on any atom is 0.410 e. The number of pyridine rings is 2. The zero-order chi connectivity index (χ0) is 38.8. The molecule has 2 aromatic heterocycles. The molecule has 0 radical (unpaired) electrons. The number of alkyl halides is 1. The van der Waals surface area contributed by atoms with E-state index in [4.69, 9.17) is 37.4 Å². The van der Waals surface area contributed by atoms with Crippen molar-refractivity contribution in [1.29, 1.82) is 0 Å².